The Labute approximate surface area is 183 Å². The van der Waals surface area contributed by atoms with E-state index in [0.717, 1.165) is 36.9 Å². The van der Waals surface area contributed by atoms with Gasteiger partial charge in [0.2, 0.25) is 11.0 Å². The van der Waals surface area contributed by atoms with Gasteiger partial charge in [0, 0.05) is 17.2 Å². The molecule has 2 aromatic rings. The number of rotatable bonds is 5. The molecule has 1 aromatic heterocycles. The van der Waals surface area contributed by atoms with Gasteiger partial charge in [-0.2, -0.15) is 4.98 Å². The number of thioether (sulfide) groups is 1. The van der Waals surface area contributed by atoms with Gasteiger partial charge in [-0.05, 0) is 57.8 Å². The predicted octanol–water partition coefficient (Wildman–Crippen LogP) is 6.11. The fourth-order valence-electron chi connectivity index (χ4n) is 4.32. The predicted molar refractivity (Wildman–Crippen MR) is 124 cm³/mol. The molecule has 2 aliphatic rings. The van der Waals surface area contributed by atoms with Gasteiger partial charge in [0.25, 0.3) is 0 Å². The Morgan fingerprint density at radius 3 is 2.87 bits per heavy atom. The molecule has 0 radical (unpaired) electrons. The van der Waals surface area contributed by atoms with Crippen molar-refractivity contribution in [1.82, 2.24) is 15.2 Å². The molecule has 3 atom stereocenters. The normalized spacial score (nSPS) is 22.5. The number of fused-ring (bicyclic) bond motifs is 3. The molecule has 4 rings (SSSR count). The molecule has 0 saturated heterocycles. The van der Waals surface area contributed by atoms with E-state index in [1.807, 2.05) is 24.5 Å². The summed E-state index contributed by atoms with van der Waals surface area (Å²) < 4.78 is 6.46. The van der Waals surface area contributed by atoms with E-state index >= 15 is 0 Å². The highest BCUT2D eigenvalue weighted by atomic mass is 32.2. The monoisotopic (exact) mass is 422 g/mol. The minimum atomic E-state index is -0.149. The van der Waals surface area contributed by atoms with Crippen LogP contribution in [0.4, 0.5) is 5.69 Å². The lowest BCUT2D eigenvalue weighted by Gasteiger charge is -2.34. The zero-order chi connectivity index (χ0) is 21.1. The van der Waals surface area contributed by atoms with E-state index in [-0.39, 0.29) is 6.23 Å². The molecule has 2 heterocycles. The number of aromatic nitrogens is 3. The molecule has 6 heteroatoms. The first kappa shape index (κ1) is 20.9. The summed E-state index contributed by atoms with van der Waals surface area (Å²) in [6, 6.07) is 8.18. The Morgan fingerprint density at radius 2 is 2.10 bits per heavy atom. The number of allylic oxidation sites excluding steroid dienone is 4. The SMILES string of the molecule is CSc1nnc2c(n1)O[C@@H]([C@H]1CCC(CCC=C(C)C)=C[C@@H]1C)Nc1ccccc1-2. The molecule has 0 saturated carbocycles. The number of nitrogens with one attached hydrogen (secondary N) is 1. The molecule has 1 aromatic carbocycles. The van der Waals surface area contributed by atoms with Crippen LogP contribution in [-0.2, 0) is 0 Å². The Bertz CT molecular complexity index is 967. The van der Waals surface area contributed by atoms with Crippen LogP contribution in [0, 0.1) is 11.8 Å². The third-order valence-electron chi connectivity index (χ3n) is 5.92. The highest BCUT2D eigenvalue weighted by molar-refractivity contribution is 7.98. The van der Waals surface area contributed by atoms with E-state index in [0.29, 0.717) is 28.6 Å². The van der Waals surface area contributed by atoms with Crippen LogP contribution in [0.2, 0.25) is 0 Å². The second kappa shape index (κ2) is 9.21. The van der Waals surface area contributed by atoms with Gasteiger partial charge < -0.3 is 10.1 Å². The molecule has 0 fully saturated rings. The van der Waals surface area contributed by atoms with Crippen molar-refractivity contribution in [1.29, 1.82) is 0 Å². The molecule has 0 bridgehead atoms. The van der Waals surface area contributed by atoms with Crippen molar-refractivity contribution in [3.63, 3.8) is 0 Å². The van der Waals surface area contributed by atoms with Crippen LogP contribution in [0.25, 0.3) is 11.3 Å². The molecule has 1 N–H and O–H groups in total. The lowest BCUT2D eigenvalue weighted by Crippen LogP contribution is -2.39. The number of para-hydroxylation sites is 1. The summed E-state index contributed by atoms with van der Waals surface area (Å²) in [5, 5.41) is 12.9. The first-order valence-corrected chi connectivity index (χ1v) is 11.9. The summed E-state index contributed by atoms with van der Waals surface area (Å²) in [5.41, 5.74) is 5.69. The van der Waals surface area contributed by atoms with E-state index in [1.54, 1.807) is 5.57 Å². The first-order valence-electron chi connectivity index (χ1n) is 10.7. The Hall–Kier alpha value is -2.34. The van der Waals surface area contributed by atoms with Crippen LogP contribution in [0.5, 0.6) is 5.88 Å². The number of hydrogen-bond acceptors (Lipinski definition) is 6. The van der Waals surface area contributed by atoms with E-state index in [4.69, 9.17) is 4.74 Å². The van der Waals surface area contributed by atoms with Crippen molar-refractivity contribution in [3.05, 3.63) is 47.6 Å². The maximum absolute atomic E-state index is 6.46. The van der Waals surface area contributed by atoms with Crippen molar-refractivity contribution in [2.24, 2.45) is 11.8 Å². The van der Waals surface area contributed by atoms with Gasteiger partial charge in [0.05, 0.1) is 0 Å². The minimum Gasteiger partial charge on any atom is -0.452 e. The summed E-state index contributed by atoms with van der Waals surface area (Å²) in [5.74, 6) is 1.37. The lowest BCUT2D eigenvalue weighted by molar-refractivity contribution is 0.120. The van der Waals surface area contributed by atoms with E-state index in [1.165, 1.54) is 17.3 Å². The number of hydrogen-bond donors (Lipinski definition) is 1. The van der Waals surface area contributed by atoms with Crippen LogP contribution in [-0.4, -0.2) is 27.7 Å². The lowest BCUT2D eigenvalue weighted by atomic mass is 9.79. The number of benzene rings is 1. The Kier molecular flexibility index (Phi) is 6.42. The summed E-state index contributed by atoms with van der Waals surface area (Å²) in [6.07, 6.45) is 11.1. The Balaban J connectivity index is 1.59. The zero-order valence-electron chi connectivity index (χ0n) is 18.2. The van der Waals surface area contributed by atoms with E-state index in [2.05, 4.69) is 59.5 Å². The number of nitrogens with zero attached hydrogens (tertiary/aromatic N) is 3. The average Bonchev–Trinajstić information content (AvgIpc) is 2.89. The number of ether oxygens (including phenoxy) is 1. The van der Waals surface area contributed by atoms with Gasteiger partial charge in [0.15, 0.2) is 11.9 Å². The van der Waals surface area contributed by atoms with Crippen molar-refractivity contribution in [2.75, 3.05) is 11.6 Å². The minimum absolute atomic E-state index is 0.149. The smallest absolute Gasteiger partial charge is 0.247 e. The molecule has 0 unspecified atom stereocenters. The molecule has 1 aliphatic heterocycles. The molecule has 1 aliphatic carbocycles. The number of anilines is 1. The molecule has 5 nitrogen and oxygen atoms in total. The second-order valence-electron chi connectivity index (χ2n) is 8.39. The highest BCUT2D eigenvalue weighted by Crippen LogP contribution is 2.41. The van der Waals surface area contributed by atoms with Gasteiger partial charge in [0.1, 0.15) is 0 Å². The third-order valence-corrected chi connectivity index (χ3v) is 6.45. The second-order valence-corrected chi connectivity index (χ2v) is 9.16. The van der Waals surface area contributed by atoms with Crippen LogP contribution < -0.4 is 10.1 Å². The van der Waals surface area contributed by atoms with Gasteiger partial charge in [-0.1, -0.05) is 60.2 Å². The molecular weight excluding hydrogens is 392 g/mol. The zero-order valence-corrected chi connectivity index (χ0v) is 19.0. The molecule has 0 spiro atoms. The van der Waals surface area contributed by atoms with Gasteiger partial charge in [-0.25, -0.2) is 0 Å². The van der Waals surface area contributed by atoms with Crippen molar-refractivity contribution >= 4 is 17.4 Å². The molecule has 158 valence electrons. The Morgan fingerprint density at radius 1 is 1.27 bits per heavy atom. The quantitative estimate of drug-likeness (QED) is 0.463. The van der Waals surface area contributed by atoms with Crippen LogP contribution in [0.15, 0.2) is 52.7 Å². The maximum atomic E-state index is 6.46. The van der Waals surface area contributed by atoms with Crippen molar-refractivity contribution in [2.45, 2.75) is 57.8 Å². The maximum Gasteiger partial charge on any atom is 0.247 e. The third kappa shape index (κ3) is 4.53. The van der Waals surface area contributed by atoms with Crippen molar-refractivity contribution < 1.29 is 4.74 Å². The molecule has 30 heavy (non-hydrogen) atoms. The average molecular weight is 423 g/mol. The van der Waals surface area contributed by atoms with Gasteiger partial charge >= 0.3 is 0 Å². The molecular formula is C24H30N4OS. The van der Waals surface area contributed by atoms with Crippen LogP contribution >= 0.6 is 11.8 Å². The fraction of sp³-hybridized carbons (Fsp3) is 0.458. The first-order chi connectivity index (χ1) is 14.5. The largest absolute Gasteiger partial charge is 0.452 e. The highest BCUT2D eigenvalue weighted by Gasteiger charge is 2.34. The summed E-state index contributed by atoms with van der Waals surface area (Å²) in [7, 11) is 0. The standard InChI is InChI=1S/C24H30N4OS/c1-15(2)8-7-9-17-12-13-18(16(3)14-17)22-25-20-11-6-5-10-19(20)21-23(29-22)26-24(30-4)28-27-21/h5-6,8,10-11,14,16,18,22,25H,7,9,12-13H2,1-4H3/t16-,18-,22-/m0/s1. The van der Waals surface area contributed by atoms with Gasteiger partial charge in [-0.3, -0.25) is 0 Å². The van der Waals surface area contributed by atoms with Crippen LogP contribution in [0.1, 0.15) is 46.5 Å². The van der Waals surface area contributed by atoms with Crippen molar-refractivity contribution in [3.8, 4) is 17.1 Å². The van der Waals surface area contributed by atoms with Crippen LogP contribution in [0.3, 0.4) is 0 Å². The van der Waals surface area contributed by atoms with Gasteiger partial charge in [-0.15, -0.1) is 10.2 Å². The summed E-state index contributed by atoms with van der Waals surface area (Å²) >= 11 is 1.48. The van der Waals surface area contributed by atoms with E-state index < -0.39 is 0 Å². The topological polar surface area (TPSA) is 59.9 Å². The summed E-state index contributed by atoms with van der Waals surface area (Å²) in [6.45, 7) is 6.64. The molecule has 0 amide bonds. The fourth-order valence-corrected chi connectivity index (χ4v) is 4.62. The van der Waals surface area contributed by atoms with E-state index in [9.17, 15) is 0 Å². The summed E-state index contributed by atoms with van der Waals surface area (Å²) in [4.78, 5) is 4.64.